The van der Waals surface area contributed by atoms with Gasteiger partial charge in [0.05, 0.1) is 7.11 Å². The highest BCUT2D eigenvalue weighted by molar-refractivity contribution is 7.99. The standard InChI is InChI=1S/C23H33N3O3S/c1-3-25(15-19-6-8-24-9-7-19)16-20-4-5-22(23(14-20)28-2)29-18-21(27)17-26-10-12-30-13-11-26/h4-9,14,21,27H,3,10-13,15-18H2,1-2H3. The highest BCUT2D eigenvalue weighted by Gasteiger charge is 2.16. The molecule has 1 atom stereocenters. The van der Waals surface area contributed by atoms with Gasteiger partial charge in [-0.3, -0.25) is 14.8 Å². The highest BCUT2D eigenvalue weighted by atomic mass is 32.2. The zero-order chi connectivity index (χ0) is 21.2. The van der Waals surface area contributed by atoms with Crippen molar-refractivity contribution in [3.8, 4) is 11.5 Å². The Balaban J connectivity index is 1.54. The molecule has 1 N–H and O–H groups in total. The Hall–Kier alpha value is -1.80. The number of thioether (sulfide) groups is 1. The molecule has 0 saturated carbocycles. The number of ether oxygens (including phenoxy) is 2. The van der Waals surface area contributed by atoms with Gasteiger partial charge in [-0.15, -0.1) is 0 Å². The van der Waals surface area contributed by atoms with E-state index < -0.39 is 6.10 Å². The van der Waals surface area contributed by atoms with E-state index in [2.05, 4.69) is 27.8 Å². The largest absolute Gasteiger partial charge is 0.493 e. The van der Waals surface area contributed by atoms with Gasteiger partial charge in [0.15, 0.2) is 11.5 Å². The summed E-state index contributed by atoms with van der Waals surface area (Å²) in [6.45, 7) is 7.80. The third kappa shape index (κ3) is 7.16. The number of hydrogen-bond acceptors (Lipinski definition) is 7. The predicted octanol–water partition coefficient (Wildman–Crippen LogP) is 2.90. The maximum atomic E-state index is 10.3. The van der Waals surface area contributed by atoms with Gasteiger partial charge in [0, 0.05) is 56.6 Å². The number of benzene rings is 1. The van der Waals surface area contributed by atoms with Gasteiger partial charge in [0.1, 0.15) is 12.7 Å². The monoisotopic (exact) mass is 431 g/mol. The normalized spacial score (nSPS) is 15.9. The summed E-state index contributed by atoms with van der Waals surface area (Å²) in [7, 11) is 1.66. The van der Waals surface area contributed by atoms with Crippen LogP contribution in [0.3, 0.4) is 0 Å². The van der Waals surface area contributed by atoms with Crippen molar-refractivity contribution in [3.63, 3.8) is 0 Å². The van der Waals surface area contributed by atoms with E-state index >= 15 is 0 Å². The number of aromatic nitrogens is 1. The van der Waals surface area contributed by atoms with E-state index in [-0.39, 0.29) is 6.61 Å². The predicted molar refractivity (Wildman–Crippen MR) is 122 cm³/mol. The quantitative estimate of drug-likeness (QED) is 0.587. The number of rotatable bonds is 11. The molecule has 0 amide bonds. The van der Waals surface area contributed by atoms with Crippen molar-refractivity contribution in [1.82, 2.24) is 14.8 Å². The van der Waals surface area contributed by atoms with Crippen LogP contribution < -0.4 is 9.47 Å². The van der Waals surface area contributed by atoms with E-state index in [4.69, 9.17) is 9.47 Å². The van der Waals surface area contributed by atoms with Crippen LogP contribution in [0.25, 0.3) is 0 Å². The first-order chi connectivity index (χ1) is 14.7. The van der Waals surface area contributed by atoms with Crippen LogP contribution in [0.2, 0.25) is 0 Å². The first kappa shape index (κ1) is 22.9. The fourth-order valence-electron chi connectivity index (χ4n) is 3.53. The van der Waals surface area contributed by atoms with Crippen LogP contribution in [0.15, 0.2) is 42.7 Å². The molecule has 6 nitrogen and oxygen atoms in total. The van der Waals surface area contributed by atoms with Crippen molar-refractivity contribution in [3.05, 3.63) is 53.9 Å². The van der Waals surface area contributed by atoms with E-state index in [1.165, 1.54) is 11.1 Å². The topological polar surface area (TPSA) is 58.1 Å². The lowest BCUT2D eigenvalue weighted by molar-refractivity contribution is 0.0704. The number of pyridine rings is 1. The zero-order valence-corrected chi connectivity index (χ0v) is 18.8. The molecule has 1 fully saturated rings. The molecule has 164 valence electrons. The average molecular weight is 432 g/mol. The number of β-amino-alcohol motifs (C(OH)–C–C–N with tert-alkyl or cyclic N) is 1. The Kier molecular flexibility index (Phi) is 9.27. The van der Waals surface area contributed by atoms with Crippen LogP contribution in [0.5, 0.6) is 11.5 Å². The molecule has 30 heavy (non-hydrogen) atoms. The number of nitrogens with zero attached hydrogens (tertiary/aromatic N) is 3. The molecule has 0 aliphatic carbocycles. The highest BCUT2D eigenvalue weighted by Crippen LogP contribution is 2.29. The van der Waals surface area contributed by atoms with Gasteiger partial charge in [0.2, 0.25) is 0 Å². The Morgan fingerprint density at radius 1 is 1.10 bits per heavy atom. The Labute approximate surface area is 184 Å². The smallest absolute Gasteiger partial charge is 0.161 e. The maximum absolute atomic E-state index is 10.3. The van der Waals surface area contributed by atoms with Gasteiger partial charge in [-0.1, -0.05) is 13.0 Å². The molecule has 0 spiro atoms. The van der Waals surface area contributed by atoms with Crippen molar-refractivity contribution in [2.24, 2.45) is 0 Å². The number of aliphatic hydroxyl groups excluding tert-OH is 1. The minimum Gasteiger partial charge on any atom is -0.493 e. The Morgan fingerprint density at radius 3 is 2.53 bits per heavy atom. The minimum absolute atomic E-state index is 0.266. The summed E-state index contributed by atoms with van der Waals surface area (Å²) in [4.78, 5) is 8.75. The van der Waals surface area contributed by atoms with Gasteiger partial charge in [0.25, 0.3) is 0 Å². The van der Waals surface area contributed by atoms with Crippen LogP contribution in [0.1, 0.15) is 18.1 Å². The first-order valence-electron chi connectivity index (χ1n) is 10.6. The second kappa shape index (κ2) is 12.2. The van der Waals surface area contributed by atoms with E-state index in [1.807, 2.05) is 48.4 Å². The summed E-state index contributed by atoms with van der Waals surface area (Å²) in [5, 5.41) is 10.3. The Morgan fingerprint density at radius 2 is 1.83 bits per heavy atom. The van der Waals surface area contributed by atoms with Gasteiger partial charge >= 0.3 is 0 Å². The van der Waals surface area contributed by atoms with Crippen LogP contribution in [0.4, 0.5) is 0 Å². The molecule has 0 bridgehead atoms. The summed E-state index contributed by atoms with van der Waals surface area (Å²) in [6.07, 6.45) is 3.15. The molecule has 1 saturated heterocycles. The molecule has 2 heterocycles. The van der Waals surface area contributed by atoms with Crippen molar-refractivity contribution in [1.29, 1.82) is 0 Å². The lowest BCUT2D eigenvalue weighted by Crippen LogP contribution is -2.40. The van der Waals surface area contributed by atoms with Crippen LogP contribution >= 0.6 is 11.8 Å². The fourth-order valence-corrected chi connectivity index (χ4v) is 4.51. The summed E-state index contributed by atoms with van der Waals surface area (Å²) < 4.78 is 11.4. The number of hydrogen-bond donors (Lipinski definition) is 1. The lowest BCUT2D eigenvalue weighted by atomic mass is 10.1. The average Bonchev–Trinajstić information content (AvgIpc) is 2.79. The third-order valence-electron chi connectivity index (χ3n) is 5.24. The molecule has 1 aromatic heterocycles. The molecular formula is C23H33N3O3S. The van der Waals surface area contributed by atoms with Crippen molar-refractivity contribution in [2.45, 2.75) is 26.1 Å². The summed E-state index contributed by atoms with van der Waals surface area (Å²) in [5.41, 5.74) is 2.42. The fraction of sp³-hybridized carbons (Fsp3) is 0.522. The number of aliphatic hydroxyl groups is 1. The van der Waals surface area contributed by atoms with Crippen LogP contribution in [-0.4, -0.2) is 77.4 Å². The van der Waals surface area contributed by atoms with E-state index in [0.29, 0.717) is 18.0 Å². The van der Waals surface area contributed by atoms with E-state index in [1.54, 1.807) is 7.11 Å². The third-order valence-corrected chi connectivity index (χ3v) is 6.18. The summed E-state index contributed by atoms with van der Waals surface area (Å²) >= 11 is 1.97. The van der Waals surface area contributed by atoms with Crippen molar-refractivity contribution < 1.29 is 14.6 Å². The first-order valence-corrected chi connectivity index (χ1v) is 11.7. The van der Waals surface area contributed by atoms with E-state index in [9.17, 15) is 5.11 Å². The number of methoxy groups -OCH3 is 1. The molecule has 1 unspecified atom stereocenters. The second-order valence-corrected chi connectivity index (χ2v) is 8.75. The second-order valence-electron chi connectivity index (χ2n) is 7.52. The molecule has 3 rings (SSSR count). The summed E-state index contributed by atoms with van der Waals surface area (Å²) in [6, 6.07) is 10.1. The molecule has 0 radical (unpaired) electrons. The zero-order valence-electron chi connectivity index (χ0n) is 18.0. The van der Waals surface area contributed by atoms with Gasteiger partial charge in [-0.25, -0.2) is 0 Å². The SMILES string of the molecule is CCN(Cc1ccncc1)Cc1ccc(OCC(O)CN2CCSCC2)c(OC)c1. The minimum atomic E-state index is -0.506. The lowest BCUT2D eigenvalue weighted by Gasteiger charge is -2.28. The van der Waals surface area contributed by atoms with Gasteiger partial charge in [-0.05, 0) is 41.9 Å². The van der Waals surface area contributed by atoms with Crippen molar-refractivity contribution in [2.75, 3.05) is 51.4 Å². The van der Waals surface area contributed by atoms with Gasteiger partial charge in [-0.2, -0.15) is 11.8 Å². The Bertz CT molecular complexity index is 757. The molecule has 2 aromatic rings. The maximum Gasteiger partial charge on any atom is 0.161 e. The molecule has 7 heteroatoms. The molecule has 1 aromatic carbocycles. The molecular weight excluding hydrogens is 398 g/mol. The van der Waals surface area contributed by atoms with Crippen LogP contribution in [0, 0.1) is 0 Å². The summed E-state index contributed by atoms with van der Waals surface area (Å²) in [5.74, 6) is 3.65. The van der Waals surface area contributed by atoms with Crippen molar-refractivity contribution >= 4 is 11.8 Å². The van der Waals surface area contributed by atoms with E-state index in [0.717, 1.165) is 44.2 Å². The van der Waals surface area contributed by atoms with Gasteiger partial charge < -0.3 is 14.6 Å². The van der Waals surface area contributed by atoms with Crippen LogP contribution in [-0.2, 0) is 13.1 Å². The molecule has 1 aliphatic heterocycles. The molecule has 1 aliphatic rings.